The molecule has 0 atom stereocenters. The van der Waals surface area contributed by atoms with Gasteiger partial charge in [-0.2, -0.15) is 0 Å². The summed E-state index contributed by atoms with van der Waals surface area (Å²) >= 11 is 1.62. The predicted octanol–water partition coefficient (Wildman–Crippen LogP) is 2.51. The summed E-state index contributed by atoms with van der Waals surface area (Å²) in [7, 11) is 0. The summed E-state index contributed by atoms with van der Waals surface area (Å²) in [5.74, 6) is 1.59. The second-order valence-corrected chi connectivity index (χ2v) is 6.25. The van der Waals surface area contributed by atoms with Crippen molar-refractivity contribution in [2.24, 2.45) is 5.92 Å². The molecule has 1 saturated carbocycles. The number of aliphatic hydroxyl groups is 1. The first-order valence-corrected chi connectivity index (χ1v) is 7.40. The molecule has 1 aliphatic rings. The van der Waals surface area contributed by atoms with Gasteiger partial charge in [0.25, 0.3) is 0 Å². The van der Waals surface area contributed by atoms with Gasteiger partial charge in [0.05, 0.1) is 12.3 Å². The molecule has 18 heavy (non-hydrogen) atoms. The maximum Gasteiger partial charge on any atom is 0.195 e. The van der Waals surface area contributed by atoms with Crippen molar-refractivity contribution >= 4 is 22.1 Å². The van der Waals surface area contributed by atoms with Crippen molar-refractivity contribution in [3.8, 4) is 0 Å². The van der Waals surface area contributed by atoms with E-state index in [1.807, 2.05) is 16.0 Å². The summed E-state index contributed by atoms with van der Waals surface area (Å²) in [6.07, 6.45) is 4.49. The second kappa shape index (κ2) is 4.55. The Hall–Kier alpha value is -1.07. The van der Waals surface area contributed by atoms with Crippen LogP contribution in [0.1, 0.15) is 32.4 Å². The molecule has 0 saturated heterocycles. The first kappa shape index (κ1) is 12.0. The molecule has 2 aromatic heterocycles. The SMILES string of the molecule is CC(C)CN(c1nc2sccn2c1CO)C1CC1. The predicted molar refractivity (Wildman–Crippen MR) is 74.2 cm³/mol. The second-order valence-electron chi connectivity index (χ2n) is 5.37. The maximum atomic E-state index is 9.63. The van der Waals surface area contributed by atoms with Gasteiger partial charge >= 0.3 is 0 Å². The number of imidazole rings is 1. The normalized spacial score (nSPS) is 15.8. The van der Waals surface area contributed by atoms with Crippen LogP contribution >= 0.6 is 11.3 Å². The molecular formula is C13H19N3OS. The molecule has 1 fully saturated rings. The van der Waals surface area contributed by atoms with Crippen molar-refractivity contribution in [2.45, 2.75) is 39.3 Å². The lowest BCUT2D eigenvalue weighted by Gasteiger charge is -2.25. The number of hydrogen-bond acceptors (Lipinski definition) is 4. The molecular weight excluding hydrogens is 246 g/mol. The lowest BCUT2D eigenvalue weighted by molar-refractivity contribution is 0.276. The van der Waals surface area contributed by atoms with E-state index in [2.05, 4.69) is 18.7 Å². The number of aliphatic hydroxyl groups excluding tert-OH is 1. The van der Waals surface area contributed by atoms with Crippen molar-refractivity contribution < 1.29 is 5.11 Å². The van der Waals surface area contributed by atoms with Gasteiger partial charge in [-0.25, -0.2) is 4.98 Å². The van der Waals surface area contributed by atoms with Crippen LogP contribution in [0.4, 0.5) is 5.82 Å². The monoisotopic (exact) mass is 265 g/mol. The number of nitrogens with zero attached hydrogens (tertiary/aromatic N) is 3. The number of aromatic nitrogens is 2. The minimum atomic E-state index is 0.0501. The van der Waals surface area contributed by atoms with E-state index in [1.165, 1.54) is 12.8 Å². The summed E-state index contributed by atoms with van der Waals surface area (Å²) in [5, 5.41) is 11.6. The van der Waals surface area contributed by atoms with E-state index in [4.69, 9.17) is 4.98 Å². The molecule has 0 aliphatic heterocycles. The Balaban J connectivity index is 2.01. The number of thiazole rings is 1. The van der Waals surface area contributed by atoms with E-state index >= 15 is 0 Å². The van der Waals surface area contributed by atoms with Crippen molar-refractivity contribution in [1.29, 1.82) is 0 Å². The van der Waals surface area contributed by atoms with Crippen LogP contribution in [-0.2, 0) is 6.61 Å². The van der Waals surface area contributed by atoms with Gasteiger partial charge in [-0.3, -0.25) is 4.40 Å². The van der Waals surface area contributed by atoms with Crippen LogP contribution in [0.5, 0.6) is 0 Å². The number of anilines is 1. The lowest BCUT2D eigenvalue weighted by atomic mass is 10.2. The third-order valence-electron chi connectivity index (χ3n) is 3.31. The third kappa shape index (κ3) is 2.01. The number of rotatable bonds is 5. The summed E-state index contributed by atoms with van der Waals surface area (Å²) in [5.41, 5.74) is 0.929. The Morgan fingerprint density at radius 1 is 1.56 bits per heavy atom. The zero-order valence-corrected chi connectivity index (χ0v) is 11.7. The fourth-order valence-electron chi connectivity index (χ4n) is 2.39. The molecule has 4 nitrogen and oxygen atoms in total. The topological polar surface area (TPSA) is 40.8 Å². The first-order chi connectivity index (χ1) is 8.70. The van der Waals surface area contributed by atoms with E-state index in [0.717, 1.165) is 23.0 Å². The van der Waals surface area contributed by atoms with Gasteiger partial charge in [0.15, 0.2) is 10.8 Å². The zero-order chi connectivity index (χ0) is 12.7. The Kier molecular flexibility index (Phi) is 3.03. The lowest BCUT2D eigenvalue weighted by Crippen LogP contribution is -2.31. The molecule has 5 heteroatoms. The van der Waals surface area contributed by atoms with E-state index in [0.29, 0.717) is 12.0 Å². The summed E-state index contributed by atoms with van der Waals surface area (Å²) in [4.78, 5) is 8.07. The van der Waals surface area contributed by atoms with E-state index in [9.17, 15) is 5.11 Å². The Morgan fingerprint density at radius 3 is 2.94 bits per heavy atom. The summed E-state index contributed by atoms with van der Waals surface area (Å²) in [6, 6.07) is 0.627. The van der Waals surface area contributed by atoms with E-state index in [1.54, 1.807) is 11.3 Å². The largest absolute Gasteiger partial charge is 0.390 e. The highest BCUT2D eigenvalue weighted by molar-refractivity contribution is 7.15. The van der Waals surface area contributed by atoms with E-state index < -0.39 is 0 Å². The van der Waals surface area contributed by atoms with Crippen LogP contribution in [0.2, 0.25) is 0 Å². The van der Waals surface area contributed by atoms with Crippen molar-refractivity contribution in [3.63, 3.8) is 0 Å². The molecule has 0 unspecified atom stereocenters. The Morgan fingerprint density at radius 2 is 2.33 bits per heavy atom. The van der Waals surface area contributed by atoms with Gasteiger partial charge in [-0.05, 0) is 18.8 Å². The van der Waals surface area contributed by atoms with Crippen LogP contribution in [0.3, 0.4) is 0 Å². The van der Waals surface area contributed by atoms with Crippen LogP contribution in [-0.4, -0.2) is 27.1 Å². The zero-order valence-electron chi connectivity index (χ0n) is 10.8. The van der Waals surface area contributed by atoms with Gasteiger partial charge in [0.1, 0.15) is 0 Å². The molecule has 2 aromatic rings. The van der Waals surface area contributed by atoms with Gasteiger partial charge < -0.3 is 10.0 Å². The van der Waals surface area contributed by atoms with Gasteiger partial charge in [-0.15, -0.1) is 11.3 Å². The molecule has 0 amide bonds. The standard InChI is InChI=1S/C13H19N3OS/c1-9(2)7-16(10-3-4-10)12-11(8-17)15-5-6-18-13(15)14-12/h5-6,9-10,17H,3-4,7-8H2,1-2H3. The van der Waals surface area contributed by atoms with Crippen LogP contribution in [0.15, 0.2) is 11.6 Å². The third-order valence-corrected chi connectivity index (χ3v) is 4.07. The average Bonchev–Trinajstić information content (AvgIpc) is 2.96. The van der Waals surface area contributed by atoms with Crippen molar-refractivity contribution in [1.82, 2.24) is 9.38 Å². The maximum absolute atomic E-state index is 9.63. The number of fused-ring (bicyclic) bond motifs is 1. The molecule has 1 N–H and O–H groups in total. The Labute approximate surface area is 111 Å². The molecule has 0 bridgehead atoms. The molecule has 2 heterocycles. The highest BCUT2D eigenvalue weighted by atomic mass is 32.1. The minimum Gasteiger partial charge on any atom is -0.390 e. The Bertz CT molecular complexity index is 541. The average molecular weight is 265 g/mol. The molecule has 0 spiro atoms. The summed E-state index contributed by atoms with van der Waals surface area (Å²) in [6.45, 7) is 5.52. The van der Waals surface area contributed by atoms with E-state index in [-0.39, 0.29) is 6.61 Å². The molecule has 1 aliphatic carbocycles. The van der Waals surface area contributed by atoms with Crippen LogP contribution in [0, 0.1) is 5.92 Å². The number of hydrogen-bond donors (Lipinski definition) is 1. The molecule has 0 aromatic carbocycles. The van der Waals surface area contributed by atoms with Gasteiger partial charge in [-0.1, -0.05) is 13.8 Å². The quantitative estimate of drug-likeness (QED) is 0.903. The molecule has 98 valence electrons. The van der Waals surface area contributed by atoms with Gasteiger partial charge in [0, 0.05) is 24.2 Å². The van der Waals surface area contributed by atoms with Gasteiger partial charge in [0.2, 0.25) is 0 Å². The fraction of sp³-hybridized carbons (Fsp3) is 0.615. The minimum absolute atomic E-state index is 0.0501. The highest BCUT2D eigenvalue weighted by Crippen LogP contribution is 2.34. The molecule has 0 radical (unpaired) electrons. The van der Waals surface area contributed by atoms with Crippen LogP contribution in [0.25, 0.3) is 4.96 Å². The highest BCUT2D eigenvalue weighted by Gasteiger charge is 2.32. The van der Waals surface area contributed by atoms with Crippen LogP contribution < -0.4 is 4.90 Å². The van der Waals surface area contributed by atoms with Crippen molar-refractivity contribution in [2.75, 3.05) is 11.4 Å². The van der Waals surface area contributed by atoms with Crippen molar-refractivity contribution in [3.05, 3.63) is 17.3 Å². The molecule has 3 rings (SSSR count). The summed E-state index contributed by atoms with van der Waals surface area (Å²) < 4.78 is 2.01. The fourth-order valence-corrected chi connectivity index (χ4v) is 3.11. The first-order valence-electron chi connectivity index (χ1n) is 6.52. The smallest absolute Gasteiger partial charge is 0.195 e.